The number of rotatable bonds is 5. The number of esters is 1. The number of carbonyl (C=O) groups is 2. The minimum atomic E-state index is -0.725. The molecule has 38 heavy (non-hydrogen) atoms. The number of halogens is 1. The lowest BCUT2D eigenvalue weighted by molar-refractivity contribution is -0.158. The van der Waals surface area contributed by atoms with E-state index in [0.717, 1.165) is 35.1 Å². The van der Waals surface area contributed by atoms with Crippen LogP contribution in [-0.4, -0.2) is 59.9 Å². The summed E-state index contributed by atoms with van der Waals surface area (Å²) >= 11 is 11.9. The predicted octanol–water partition coefficient (Wildman–Crippen LogP) is 4.25. The zero-order valence-electron chi connectivity index (χ0n) is 20.8. The van der Waals surface area contributed by atoms with E-state index in [1.54, 1.807) is 18.3 Å². The number of pyridine rings is 1. The lowest BCUT2D eigenvalue weighted by atomic mass is 9.91. The highest BCUT2D eigenvalue weighted by atomic mass is 35.5. The number of hydrogen-bond acceptors (Lipinski definition) is 7. The summed E-state index contributed by atoms with van der Waals surface area (Å²) in [5, 5.41) is 4.44. The Morgan fingerprint density at radius 3 is 2.66 bits per heavy atom. The Kier molecular flexibility index (Phi) is 6.86. The number of aromatic nitrogens is 1. The third-order valence-electron chi connectivity index (χ3n) is 7.39. The highest BCUT2D eigenvalue weighted by molar-refractivity contribution is 7.71. The molecule has 1 N–H and O–H groups in total. The van der Waals surface area contributed by atoms with Crippen LogP contribution in [0.15, 0.2) is 42.6 Å². The van der Waals surface area contributed by atoms with Crippen LogP contribution in [0.4, 0.5) is 0 Å². The van der Waals surface area contributed by atoms with E-state index >= 15 is 0 Å². The molecule has 2 aromatic carbocycles. The fourth-order valence-electron chi connectivity index (χ4n) is 5.46. The molecule has 2 saturated heterocycles. The first-order valence-corrected chi connectivity index (χ1v) is 13.6. The van der Waals surface area contributed by atoms with Crippen molar-refractivity contribution in [1.29, 1.82) is 0 Å². The zero-order chi connectivity index (χ0) is 26.3. The molecular formula is C28H28ClN3O5S. The molecule has 3 aliphatic rings. The van der Waals surface area contributed by atoms with Crippen molar-refractivity contribution < 1.29 is 23.8 Å². The molecule has 0 saturated carbocycles. The molecule has 1 amide bonds. The van der Waals surface area contributed by atoms with Gasteiger partial charge in [-0.05, 0) is 35.4 Å². The average molecular weight is 554 g/mol. The van der Waals surface area contributed by atoms with Gasteiger partial charge >= 0.3 is 5.97 Å². The van der Waals surface area contributed by atoms with Crippen LogP contribution in [0.2, 0.25) is 5.02 Å². The van der Waals surface area contributed by atoms with E-state index in [4.69, 9.17) is 38.0 Å². The summed E-state index contributed by atoms with van der Waals surface area (Å²) < 4.78 is 19.8. The van der Waals surface area contributed by atoms with Gasteiger partial charge in [0.2, 0.25) is 0 Å². The number of benzene rings is 2. The average Bonchev–Trinajstić information content (AvgIpc) is 2.90. The first-order valence-electron chi connectivity index (χ1n) is 12.8. The predicted molar refractivity (Wildman–Crippen MR) is 145 cm³/mol. The summed E-state index contributed by atoms with van der Waals surface area (Å²) in [5.74, 6) is 0.159. The highest BCUT2D eigenvalue weighted by Gasteiger charge is 2.43. The molecule has 2 fully saturated rings. The van der Waals surface area contributed by atoms with Gasteiger partial charge in [0.1, 0.15) is 11.4 Å². The van der Waals surface area contributed by atoms with Crippen LogP contribution >= 0.6 is 23.8 Å². The van der Waals surface area contributed by atoms with Gasteiger partial charge in [-0.1, -0.05) is 36.0 Å². The quantitative estimate of drug-likeness (QED) is 0.373. The van der Waals surface area contributed by atoms with Crippen LogP contribution in [-0.2, 0) is 33.9 Å². The SMILES string of the molecule is O=C1CC2(CCO1)Cn1cc(C(=O)NCc3ccc(Cl)cc3)c(=S)c3cc(CN4CCOCC4)cc(c31)O2. The minimum absolute atomic E-state index is 0.155. The molecular weight excluding hydrogens is 526 g/mol. The molecule has 4 heterocycles. The van der Waals surface area contributed by atoms with Gasteiger partial charge in [0.25, 0.3) is 5.91 Å². The van der Waals surface area contributed by atoms with Gasteiger partial charge in [0.05, 0.1) is 48.4 Å². The summed E-state index contributed by atoms with van der Waals surface area (Å²) in [4.78, 5) is 28.0. The Balaban J connectivity index is 1.39. The summed E-state index contributed by atoms with van der Waals surface area (Å²) in [6.45, 7) is 4.89. The number of nitrogens with zero attached hydrogens (tertiary/aromatic N) is 2. The number of hydrogen-bond donors (Lipinski definition) is 1. The Labute approximate surface area is 230 Å². The molecule has 1 spiro atoms. The van der Waals surface area contributed by atoms with Crippen LogP contribution < -0.4 is 10.1 Å². The third-order valence-corrected chi connectivity index (χ3v) is 8.08. The maximum atomic E-state index is 13.4. The number of amides is 1. The van der Waals surface area contributed by atoms with Gasteiger partial charge in [0, 0.05) is 49.2 Å². The second-order valence-electron chi connectivity index (χ2n) is 10.1. The molecule has 1 unspecified atom stereocenters. The molecule has 198 valence electrons. The number of nitrogens with one attached hydrogen (secondary N) is 1. The fraction of sp³-hybridized carbons (Fsp3) is 0.393. The van der Waals surface area contributed by atoms with Crippen LogP contribution in [0.3, 0.4) is 0 Å². The van der Waals surface area contributed by atoms with Crippen LogP contribution in [0.5, 0.6) is 5.75 Å². The maximum absolute atomic E-state index is 13.4. The van der Waals surface area contributed by atoms with E-state index in [2.05, 4.69) is 16.3 Å². The zero-order valence-corrected chi connectivity index (χ0v) is 22.4. The van der Waals surface area contributed by atoms with E-state index in [0.29, 0.717) is 66.7 Å². The van der Waals surface area contributed by atoms with Crippen molar-refractivity contribution in [3.8, 4) is 5.75 Å². The first-order chi connectivity index (χ1) is 18.4. The number of morpholine rings is 1. The van der Waals surface area contributed by atoms with Gasteiger partial charge in [-0.2, -0.15) is 0 Å². The van der Waals surface area contributed by atoms with Crippen molar-refractivity contribution in [2.45, 2.75) is 38.1 Å². The summed E-state index contributed by atoms with van der Waals surface area (Å²) in [5.41, 5.74) is 2.52. The van der Waals surface area contributed by atoms with E-state index in [9.17, 15) is 9.59 Å². The molecule has 0 radical (unpaired) electrons. The summed E-state index contributed by atoms with van der Waals surface area (Å²) in [6.07, 6.45) is 2.54. The smallest absolute Gasteiger partial charge is 0.309 e. The van der Waals surface area contributed by atoms with Gasteiger partial charge in [-0.3, -0.25) is 14.5 Å². The number of carbonyl (C=O) groups excluding carboxylic acids is 2. The molecule has 1 atom stereocenters. The molecule has 6 rings (SSSR count). The van der Waals surface area contributed by atoms with Crippen molar-refractivity contribution >= 4 is 46.6 Å². The number of ether oxygens (including phenoxy) is 3. The van der Waals surface area contributed by atoms with Crippen LogP contribution in [0, 0.1) is 4.51 Å². The molecule has 0 aliphatic carbocycles. The number of cyclic esters (lactones) is 1. The normalized spacial score (nSPS) is 21.2. The van der Waals surface area contributed by atoms with E-state index in [1.807, 2.05) is 22.8 Å². The van der Waals surface area contributed by atoms with Crippen molar-refractivity contribution in [3.05, 3.63) is 68.8 Å². The van der Waals surface area contributed by atoms with E-state index in [-0.39, 0.29) is 18.3 Å². The monoisotopic (exact) mass is 553 g/mol. The summed E-state index contributed by atoms with van der Waals surface area (Å²) in [7, 11) is 0. The standard InChI is InChI=1S/C28H28ClN3O5S/c29-20-3-1-18(2-4-20)14-30-27(34)22-16-32-17-28(5-8-36-24(33)13-28)37-23-12-19(11-21(25(23)32)26(22)38)15-31-6-9-35-10-7-31/h1-4,11-12,16H,5-10,13-15,17H2,(H,30,34). The highest BCUT2D eigenvalue weighted by Crippen LogP contribution is 2.41. The van der Waals surface area contributed by atoms with Gasteiger partial charge in [-0.15, -0.1) is 0 Å². The molecule has 3 aromatic rings. The Bertz CT molecular complexity index is 1470. The minimum Gasteiger partial charge on any atom is -0.482 e. The van der Waals surface area contributed by atoms with Gasteiger partial charge < -0.3 is 24.1 Å². The van der Waals surface area contributed by atoms with Gasteiger partial charge in [-0.25, -0.2) is 0 Å². The molecule has 8 nitrogen and oxygen atoms in total. The summed E-state index contributed by atoms with van der Waals surface area (Å²) in [6, 6.07) is 11.5. The van der Waals surface area contributed by atoms with E-state index in [1.165, 1.54) is 0 Å². The third kappa shape index (κ3) is 5.03. The molecule has 10 heteroatoms. The van der Waals surface area contributed by atoms with Crippen molar-refractivity contribution in [2.24, 2.45) is 0 Å². The first kappa shape index (κ1) is 25.3. The largest absolute Gasteiger partial charge is 0.482 e. The molecule has 0 bridgehead atoms. The van der Waals surface area contributed by atoms with Crippen LogP contribution in [0.1, 0.15) is 34.3 Å². The van der Waals surface area contributed by atoms with Gasteiger partial charge in [0.15, 0.2) is 0 Å². The Morgan fingerprint density at radius 2 is 1.89 bits per heavy atom. The second kappa shape index (κ2) is 10.3. The lowest BCUT2D eigenvalue weighted by Gasteiger charge is -2.41. The second-order valence-corrected chi connectivity index (χ2v) is 11.0. The Hall–Kier alpha value is -2.98. The topological polar surface area (TPSA) is 82.0 Å². The maximum Gasteiger partial charge on any atom is 0.309 e. The van der Waals surface area contributed by atoms with Crippen molar-refractivity contribution in [3.63, 3.8) is 0 Å². The van der Waals surface area contributed by atoms with E-state index < -0.39 is 5.60 Å². The molecule has 1 aromatic heterocycles. The van der Waals surface area contributed by atoms with Crippen molar-refractivity contribution in [1.82, 2.24) is 14.8 Å². The Morgan fingerprint density at radius 1 is 1.11 bits per heavy atom. The molecule has 3 aliphatic heterocycles. The lowest BCUT2D eigenvalue weighted by Crippen LogP contribution is -2.49. The fourth-order valence-corrected chi connectivity index (χ4v) is 5.89. The van der Waals surface area contributed by atoms with Crippen molar-refractivity contribution in [2.75, 3.05) is 32.9 Å². The van der Waals surface area contributed by atoms with Crippen LogP contribution in [0.25, 0.3) is 10.9 Å².